The first-order valence-electron chi connectivity index (χ1n) is 5.83. The molecule has 1 heterocycles. The summed E-state index contributed by atoms with van der Waals surface area (Å²) >= 11 is 5.81. The van der Waals surface area contributed by atoms with Gasteiger partial charge < -0.3 is 10.6 Å². The standard InChI is InChI=1S/C12H15ClN2O3S/c1-12(5-6-19(17,18)8-12)15-11(16)14-10-4-2-3-9(13)7-10/h2-4,7H,5-6,8H2,1H3,(H2,14,15,16). The van der Waals surface area contributed by atoms with Gasteiger partial charge in [-0.15, -0.1) is 0 Å². The number of rotatable bonds is 2. The average Bonchev–Trinajstić information content (AvgIpc) is 2.52. The molecule has 5 nitrogen and oxygen atoms in total. The van der Waals surface area contributed by atoms with Gasteiger partial charge in [-0.2, -0.15) is 0 Å². The second-order valence-electron chi connectivity index (χ2n) is 4.99. The van der Waals surface area contributed by atoms with E-state index in [1.807, 2.05) is 0 Å². The van der Waals surface area contributed by atoms with E-state index >= 15 is 0 Å². The summed E-state index contributed by atoms with van der Waals surface area (Å²) in [5.74, 6) is 0.0872. The Kier molecular flexibility index (Phi) is 3.73. The summed E-state index contributed by atoms with van der Waals surface area (Å²) in [7, 11) is -3.04. The zero-order chi connectivity index (χ0) is 14.1. The largest absolute Gasteiger partial charge is 0.332 e. The lowest BCUT2D eigenvalue weighted by atomic mass is 10.0. The van der Waals surface area contributed by atoms with E-state index in [1.165, 1.54) is 0 Å². The van der Waals surface area contributed by atoms with Crippen molar-refractivity contribution in [2.45, 2.75) is 18.9 Å². The molecule has 1 atom stereocenters. The number of hydrogen-bond donors (Lipinski definition) is 2. The van der Waals surface area contributed by atoms with Crippen LogP contribution in [0.4, 0.5) is 10.5 Å². The van der Waals surface area contributed by atoms with Crippen molar-refractivity contribution in [3.05, 3.63) is 29.3 Å². The van der Waals surface area contributed by atoms with Gasteiger partial charge in [-0.1, -0.05) is 17.7 Å². The Balaban J connectivity index is 1.99. The highest BCUT2D eigenvalue weighted by Crippen LogP contribution is 2.23. The van der Waals surface area contributed by atoms with Crippen LogP contribution >= 0.6 is 11.6 Å². The molecule has 1 aliphatic heterocycles. The number of sulfone groups is 1. The van der Waals surface area contributed by atoms with Gasteiger partial charge in [-0.25, -0.2) is 13.2 Å². The third-order valence-corrected chi connectivity index (χ3v) is 5.14. The Morgan fingerprint density at radius 2 is 2.16 bits per heavy atom. The van der Waals surface area contributed by atoms with Gasteiger partial charge in [0.1, 0.15) is 0 Å². The van der Waals surface area contributed by atoms with E-state index in [9.17, 15) is 13.2 Å². The number of benzene rings is 1. The minimum absolute atomic E-state index is 0.0248. The third-order valence-electron chi connectivity index (χ3n) is 3.00. The average molecular weight is 303 g/mol. The summed E-state index contributed by atoms with van der Waals surface area (Å²) in [6, 6.07) is 6.32. The van der Waals surface area contributed by atoms with Crippen LogP contribution in [0.5, 0.6) is 0 Å². The van der Waals surface area contributed by atoms with E-state index in [-0.39, 0.29) is 11.5 Å². The topological polar surface area (TPSA) is 75.3 Å². The Morgan fingerprint density at radius 1 is 1.42 bits per heavy atom. The van der Waals surface area contributed by atoms with Crippen molar-refractivity contribution in [2.75, 3.05) is 16.8 Å². The monoisotopic (exact) mass is 302 g/mol. The maximum absolute atomic E-state index is 11.8. The molecule has 2 rings (SSSR count). The molecular weight excluding hydrogens is 288 g/mol. The number of halogens is 1. The Bertz CT molecular complexity index is 603. The second-order valence-corrected chi connectivity index (χ2v) is 7.61. The second kappa shape index (κ2) is 5.02. The molecule has 19 heavy (non-hydrogen) atoms. The molecule has 2 N–H and O–H groups in total. The molecule has 1 saturated heterocycles. The molecule has 0 bridgehead atoms. The molecule has 1 aliphatic rings. The molecule has 0 radical (unpaired) electrons. The fourth-order valence-electron chi connectivity index (χ4n) is 2.11. The molecule has 2 amide bonds. The Labute approximate surface area is 117 Å². The highest BCUT2D eigenvalue weighted by molar-refractivity contribution is 7.91. The van der Waals surface area contributed by atoms with E-state index in [1.54, 1.807) is 31.2 Å². The summed E-state index contributed by atoms with van der Waals surface area (Å²) < 4.78 is 22.9. The summed E-state index contributed by atoms with van der Waals surface area (Å²) in [6.45, 7) is 1.73. The molecule has 104 valence electrons. The minimum Gasteiger partial charge on any atom is -0.332 e. The van der Waals surface area contributed by atoms with Gasteiger partial charge in [-0.3, -0.25) is 0 Å². The zero-order valence-electron chi connectivity index (χ0n) is 10.4. The first-order chi connectivity index (χ1) is 8.78. The van der Waals surface area contributed by atoms with Gasteiger partial charge in [0.15, 0.2) is 9.84 Å². The van der Waals surface area contributed by atoms with Gasteiger partial charge in [-0.05, 0) is 31.5 Å². The van der Waals surface area contributed by atoms with Crippen LogP contribution in [0.15, 0.2) is 24.3 Å². The summed E-state index contributed by atoms with van der Waals surface area (Å²) in [5.41, 5.74) is -0.143. The number of hydrogen-bond acceptors (Lipinski definition) is 3. The minimum atomic E-state index is -3.04. The number of amides is 2. The van der Waals surface area contributed by atoms with E-state index in [0.717, 1.165) is 0 Å². The first kappa shape index (κ1) is 14.1. The molecule has 0 aliphatic carbocycles. The van der Waals surface area contributed by atoms with Crippen LogP contribution in [-0.4, -0.2) is 31.5 Å². The molecule has 1 aromatic rings. The maximum Gasteiger partial charge on any atom is 0.319 e. The number of anilines is 1. The van der Waals surface area contributed by atoms with Crippen molar-refractivity contribution >= 4 is 33.2 Å². The molecule has 1 aromatic carbocycles. The van der Waals surface area contributed by atoms with E-state index in [0.29, 0.717) is 17.1 Å². The summed E-state index contributed by atoms with van der Waals surface area (Å²) in [5, 5.41) is 5.86. The van der Waals surface area contributed by atoms with Crippen LogP contribution < -0.4 is 10.6 Å². The number of carbonyl (C=O) groups is 1. The van der Waals surface area contributed by atoms with Crippen LogP contribution in [0.3, 0.4) is 0 Å². The number of urea groups is 1. The van der Waals surface area contributed by atoms with Gasteiger partial charge in [0, 0.05) is 10.7 Å². The molecule has 1 fully saturated rings. The number of carbonyl (C=O) groups excluding carboxylic acids is 1. The highest BCUT2D eigenvalue weighted by atomic mass is 35.5. The van der Waals surface area contributed by atoms with Crippen LogP contribution in [-0.2, 0) is 9.84 Å². The Morgan fingerprint density at radius 3 is 2.74 bits per heavy atom. The quantitative estimate of drug-likeness (QED) is 0.878. The number of nitrogens with one attached hydrogen (secondary N) is 2. The van der Waals surface area contributed by atoms with Crippen molar-refractivity contribution in [2.24, 2.45) is 0 Å². The van der Waals surface area contributed by atoms with Gasteiger partial charge in [0.25, 0.3) is 0 Å². The van der Waals surface area contributed by atoms with Crippen molar-refractivity contribution in [1.82, 2.24) is 5.32 Å². The molecule has 0 spiro atoms. The van der Waals surface area contributed by atoms with E-state index < -0.39 is 21.4 Å². The molecule has 0 aromatic heterocycles. The zero-order valence-corrected chi connectivity index (χ0v) is 12.0. The Hall–Kier alpha value is -1.27. The normalized spacial score (nSPS) is 24.9. The smallest absolute Gasteiger partial charge is 0.319 e. The van der Waals surface area contributed by atoms with E-state index in [4.69, 9.17) is 11.6 Å². The van der Waals surface area contributed by atoms with Crippen molar-refractivity contribution in [3.63, 3.8) is 0 Å². The fourth-order valence-corrected chi connectivity index (χ4v) is 4.40. The highest BCUT2D eigenvalue weighted by Gasteiger charge is 2.39. The summed E-state index contributed by atoms with van der Waals surface area (Å²) in [6.07, 6.45) is 0.429. The molecular formula is C12H15ClN2O3S. The lowest BCUT2D eigenvalue weighted by Gasteiger charge is -2.24. The van der Waals surface area contributed by atoms with Crippen molar-refractivity contribution < 1.29 is 13.2 Å². The predicted octanol–water partition coefficient (Wildman–Crippen LogP) is 2.04. The predicted molar refractivity (Wildman–Crippen MR) is 75.3 cm³/mol. The first-order valence-corrected chi connectivity index (χ1v) is 8.03. The molecule has 7 heteroatoms. The molecule has 0 saturated carbocycles. The van der Waals surface area contributed by atoms with Crippen LogP contribution in [0, 0.1) is 0 Å². The van der Waals surface area contributed by atoms with Crippen molar-refractivity contribution in [1.29, 1.82) is 0 Å². The van der Waals surface area contributed by atoms with Crippen LogP contribution in [0.25, 0.3) is 0 Å². The van der Waals surface area contributed by atoms with Gasteiger partial charge >= 0.3 is 6.03 Å². The SMILES string of the molecule is CC1(NC(=O)Nc2cccc(Cl)c2)CCS(=O)(=O)C1. The van der Waals surface area contributed by atoms with Crippen LogP contribution in [0.2, 0.25) is 5.02 Å². The van der Waals surface area contributed by atoms with E-state index in [2.05, 4.69) is 10.6 Å². The lowest BCUT2D eigenvalue weighted by Crippen LogP contribution is -2.48. The third kappa shape index (κ3) is 3.84. The molecule has 1 unspecified atom stereocenters. The maximum atomic E-state index is 11.8. The van der Waals surface area contributed by atoms with Gasteiger partial charge in [0.05, 0.1) is 17.0 Å². The fraction of sp³-hybridized carbons (Fsp3) is 0.417. The van der Waals surface area contributed by atoms with Gasteiger partial charge in [0.2, 0.25) is 0 Å². The van der Waals surface area contributed by atoms with Crippen molar-refractivity contribution in [3.8, 4) is 0 Å². The summed E-state index contributed by atoms with van der Waals surface area (Å²) in [4.78, 5) is 11.8. The van der Waals surface area contributed by atoms with Crippen LogP contribution in [0.1, 0.15) is 13.3 Å². The lowest BCUT2D eigenvalue weighted by molar-refractivity contribution is 0.242.